The lowest BCUT2D eigenvalue weighted by Gasteiger charge is -2.12. The third kappa shape index (κ3) is 2.58. The zero-order valence-electron chi connectivity index (χ0n) is 9.37. The van der Waals surface area contributed by atoms with E-state index >= 15 is 0 Å². The van der Waals surface area contributed by atoms with Gasteiger partial charge in [-0.15, -0.1) is 0 Å². The van der Waals surface area contributed by atoms with Gasteiger partial charge < -0.3 is 0 Å². The second-order valence-electron chi connectivity index (χ2n) is 3.66. The van der Waals surface area contributed by atoms with Crippen LogP contribution in [0.15, 0.2) is 17.0 Å². The summed E-state index contributed by atoms with van der Waals surface area (Å²) in [5.41, 5.74) is 2.71. The minimum Gasteiger partial charge on any atom is -0.225 e. The molecule has 84 valence electrons. The molecular formula is C11H17NO2S. The van der Waals surface area contributed by atoms with Crippen LogP contribution >= 0.6 is 0 Å². The fraction of sp³-hybridized carbons (Fsp3) is 0.455. The first-order valence-electron chi connectivity index (χ1n) is 5.05. The van der Waals surface area contributed by atoms with Crippen LogP contribution in [0.4, 0.5) is 0 Å². The van der Waals surface area contributed by atoms with Crippen molar-refractivity contribution in [2.45, 2.75) is 38.5 Å². The van der Waals surface area contributed by atoms with E-state index in [4.69, 9.17) is 5.14 Å². The molecule has 1 aromatic rings. The van der Waals surface area contributed by atoms with Crippen LogP contribution in [0.5, 0.6) is 0 Å². The molecule has 0 amide bonds. The van der Waals surface area contributed by atoms with Crippen molar-refractivity contribution in [1.82, 2.24) is 0 Å². The molecule has 0 heterocycles. The Morgan fingerprint density at radius 3 is 1.80 bits per heavy atom. The van der Waals surface area contributed by atoms with Crippen molar-refractivity contribution in [3.8, 4) is 0 Å². The Hall–Kier alpha value is -0.870. The van der Waals surface area contributed by atoms with Crippen molar-refractivity contribution in [1.29, 1.82) is 0 Å². The summed E-state index contributed by atoms with van der Waals surface area (Å²) in [5, 5.41) is 5.23. The standard InChI is InChI=1S/C11H17NO2S/c1-4-9-6-8(3)7-10(5-2)11(9)15(12,13)14/h6-7H,4-5H2,1-3H3,(H2,12,13,14). The number of hydrogen-bond donors (Lipinski definition) is 1. The van der Waals surface area contributed by atoms with Crippen LogP contribution in [0.1, 0.15) is 30.5 Å². The first kappa shape index (κ1) is 12.2. The van der Waals surface area contributed by atoms with E-state index in [2.05, 4.69) is 0 Å². The first-order valence-corrected chi connectivity index (χ1v) is 6.60. The molecule has 1 rings (SSSR count). The lowest BCUT2D eigenvalue weighted by Crippen LogP contribution is -2.17. The van der Waals surface area contributed by atoms with Gasteiger partial charge in [-0.3, -0.25) is 0 Å². The normalized spacial score (nSPS) is 11.7. The van der Waals surface area contributed by atoms with Gasteiger partial charge in [0.05, 0.1) is 4.90 Å². The van der Waals surface area contributed by atoms with Crippen molar-refractivity contribution in [3.05, 3.63) is 28.8 Å². The van der Waals surface area contributed by atoms with Crippen LogP contribution in [0.25, 0.3) is 0 Å². The van der Waals surface area contributed by atoms with E-state index in [1.54, 1.807) is 0 Å². The molecule has 0 aliphatic rings. The maximum atomic E-state index is 11.5. The highest BCUT2D eigenvalue weighted by molar-refractivity contribution is 7.89. The molecule has 0 radical (unpaired) electrons. The molecule has 0 saturated carbocycles. The van der Waals surface area contributed by atoms with E-state index in [1.807, 2.05) is 32.9 Å². The van der Waals surface area contributed by atoms with Crippen LogP contribution in [-0.4, -0.2) is 8.42 Å². The lowest BCUT2D eigenvalue weighted by atomic mass is 10.0. The van der Waals surface area contributed by atoms with Crippen LogP contribution in [0.2, 0.25) is 0 Å². The van der Waals surface area contributed by atoms with Crippen LogP contribution in [-0.2, 0) is 22.9 Å². The van der Waals surface area contributed by atoms with Gasteiger partial charge in [-0.2, -0.15) is 0 Å². The summed E-state index contributed by atoms with van der Waals surface area (Å²) in [4.78, 5) is 0.318. The van der Waals surface area contributed by atoms with E-state index in [1.165, 1.54) is 0 Å². The smallest absolute Gasteiger partial charge is 0.225 e. The molecule has 0 aliphatic heterocycles. The van der Waals surface area contributed by atoms with Crippen molar-refractivity contribution in [2.75, 3.05) is 0 Å². The summed E-state index contributed by atoms with van der Waals surface area (Å²) in [6, 6.07) is 3.78. The van der Waals surface area contributed by atoms with Gasteiger partial charge in [0.15, 0.2) is 0 Å². The summed E-state index contributed by atoms with van der Waals surface area (Å²) in [6.45, 7) is 5.83. The average molecular weight is 227 g/mol. The number of rotatable bonds is 3. The largest absolute Gasteiger partial charge is 0.238 e. The Morgan fingerprint density at radius 2 is 1.53 bits per heavy atom. The molecule has 0 saturated heterocycles. The van der Waals surface area contributed by atoms with Gasteiger partial charge in [-0.05, 0) is 30.9 Å². The van der Waals surface area contributed by atoms with Gasteiger partial charge in [0, 0.05) is 0 Å². The van der Waals surface area contributed by atoms with Gasteiger partial charge in [0.25, 0.3) is 0 Å². The molecule has 4 heteroatoms. The number of primary sulfonamides is 1. The van der Waals surface area contributed by atoms with Crippen LogP contribution < -0.4 is 5.14 Å². The molecule has 0 fully saturated rings. The molecule has 1 aromatic carbocycles. The molecule has 0 unspecified atom stereocenters. The molecular weight excluding hydrogens is 210 g/mol. The summed E-state index contributed by atoms with van der Waals surface area (Å²) in [6.07, 6.45) is 1.36. The van der Waals surface area contributed by atoms with Crippen molar-refractivity contribution in [2.24, 2.45) is 5.14 Å². The van der Waals surface area contributed by atoms with Gasteiger partial charge in [0.1, 0.15) is 0 Å². The Bertz CT molecular complexity index is 438. The number of hydrogen-bond acceptors (Lipinski definition) is 2. The average Bonchev–Trinajstić information content (AvgIpc) is 2.14. The predicted molar refractivity (Wildman–Crippen MR) is 61.3 cm³/mol. The van der Waals surface area contributed by atoms with Crippen molar-refractivity contribution < 1.29 is 8.42 Å². The first-order chi connectivity index (χ1) is 6.90. The number of aryl methyl sites for hydroxylation is 3. The number of sulfonamides is 1. The fourth-order valence-corrected chi connectivity index (χ4v) is 2.96. The van der Waals surface area contributed by atoms with Crippen molar-refractivity contribution >= 4 is 10.0 Å². The molecule has 0 spiro atoms. The summed E-state index contributed by atoms with van der Waals surface area (Å²) < 4.78 is 23.0. The molecule has 15 heavy (non-hydrogen) atoms. The minimum atomic E-state index is -3.61. The minimum absolute atomic E-state index is 0.318. The quantitative estimate of drug-likeness (QED) is 0.855. The third-order valence-corrected chi connectivity index (χ3v) is 3.53. The molecule has 0 atom stereocenters. The second-order valence-corrected chi connectivity index (χ2v) is 5.16. The van der Waals surface area contributed by atoms with E-state index in [9.17, 15) is 8.42 Å². The molecule has 3 nitrogen and oxygen atoms in total. The van der Waals surface area contributed by atoms with Gasteiger partial charge in [-0.1, -0.05) is 31.5 Å². The Balaban J connectivity index is 3.59. The third-order valence-electron chi connectivity index (χ3n) is 2.43. The Labute approximate surface area is 91.4 Å². The fourth-order valence-electron chi connectivity index (χ4n) is 1.82. The lowest BCUT2D eigenvalue weighted by molar-refractivity contribution is 0.595. The van der Waals surface area contributed by atoms with E-state index in [-0.39, 0.29) is 0 Å². The second kappa shape index (κ2) is 4.33. The highest BCUT2D eigenvalue weighted by atomic mass is 32.2. The topological polar surface area (TPSA) is 60.2 Å². The van der Waals surface area contributed by atoms with E-state index in [0.717, 1.165) is 16.7 Å². The predicted octanol–water partition coefficient (Wildman–Crippen LogP) is 1.77. The molecule has 0 aromatic heterocycles. The summed E-state index contributed by atoms with van der Waals surface area (Å²) >= 11 is 0. The van der Waals surface area contributed by atoms with E-state index in [0.29, 0.717) is 17.7 Å². The number of benzene rings is 1. The molecule has 0 bridgehead atoms. The van der Waals surface area contributed by atoms with Gasteiger partial charge in [0.2, 0.25) is 10.0 Å². The maximum Gasteiger partial charge on any atom is 0.238 e. The van der Waals surface area contributed by atoms with E-state index < -0.39 is 10.0 Å². The SMILES string of the molecule is CCc1cc(C)cc(CC)c1S(N)(=O)=O. The number of nitrogens with two attached hydrogens (primary N) is 1. The monoisotopic (exact) mass is 227 g/mol. The van der Waals surface area contributed by atoms with Crippen LogP contribution in [0, 0.1) is 6.92 Å². The molecule has 2 N–H and O–H groups in total. The van der Waals surface area contributed by atoms with Gasteiger partial charge >= 0.3 is 0 Å². The highest BCUT2D eigenvalue weighted by Crippen LogP contribution is 2.22. The summed E-state index contributed by atoms with van der Waals surface area (Å²) in [5.74, 6) is 0. The highest BCUT2D eigenvalue weighted by Gasteiger charge is 2.17. The van der Waals surface area contributed by atoms with Crippen LogP contribution in [0.3, 0.4) is 0 Å². The Morgan fingerprint density at radius 1 is 1.13 bits per heavy atom. The summed E-state index contributed by atoms with van der Waals surface area (Å²) in [7, 11) is -3.61. The zero-order valence-corrected chi connectivity index (χ0v) is 10.2. The zero-order chi connectivity index (χ0) is 11.6. The maximum absolute atomic E-state index is 11.5. The van der Waals surface area contributed by atoms with Crippen molar-refractivity contribution in [3.63, 3.8) is 0 Å². The Kier molecular flexibility index (Phi) is 3.52. The van der Waals surface area contributed by atoms with Gasteiger partial charge in [-0.25, -0.2) is 13.6 Å². The molecule has 0 aliphatic carbocycles.